The predicted molar refractivity (Wildman–Crippen MR) is 117 cm³/mol. The van der Waals surface area contributed by atoms with E-state index in [0.717, 1.165) is 25.7 Å². The molecule has 0 radical (unpaired) electrons. The zero-order valence-corrected chi connectivity index (χ0v) is 18.0. The van der Waals surface area contributed by atoms with Gasteiger partial charge in [-0.05, 0) is 46.0 Å². The molecule has 0 aliphatic carbocycles. The van der Waals surface area contributed by atoms with Crippen molar-refractivity contribution in [2.75, 3.05) is 0 Å². The van der Waals surface area contributed by atoms with Crippen LogP contribution in [0.4, 0.5) is 0 Å². The number of unbranched alkanes of at least 4 members (excludes halogenated alkanes) is 11. The van der Waals surface area contributed by atoms with Crippen LogP contribution >= 0.6 is 0 Å². The Morgan fingerprint density at radius 2 is 1.26 bits per heavy atom. The molecule has 4 nitrogen and oxygen atoms in total. The van der Waals surface area contributed by atoms with Gasteiger partial charge in [-0.3, -0.25) is 4.79 Å². The fourth-order valence-electron chi connectivity index (χ4n) is 2.61. The number of hydrogen-bond acceptors (Lipinski definition) is 4. The molecule has 0 saturated heterocycles. The average Bonchev–Trinajstić information content (AvgIpc) is 2.57. The summed E-state index contributed by atoms with van der Waals surface area (Å²) >= 11 is 0. The van der Waals surface area contributed by atoms with E-state index in [0.29, 0.717) is 6.42 Å². The molecule has 0 aliphatic rings. The molecular weight excluding hydrogens is 371 g/mol. The summed E-state index contributed by atoms with van der Waals surface area (Å²) in [5, 5.41) is -0.680. The van der Waals surface area contributed by atoms with E-state index >= 15 is 0 Å². The van der Waals surface area contributed by atoms with E-state index in [-0.39, 0.29) is 36.0 Å². The van der Waals surface area contributed by atoms with E-state index in [1.54, 1.807) is 0 Å². The van der Waals surface area contributed by atoms with Gasteiger partial charge in [0, 0.05) is 6.42 Å². The minimum atomic E-state index is -3.73. The van der Waals surface area contributed by atoms with Crippen LogP contribution in [-0.2, 0) is 19.1 Å². The second-order valence-electron chi connectivity index (χ2n) is 7.33. The van der Waals surface area contributed by atoms with Crippen molar-refractivity contribution in [3.63, 3.8) is 0 Å². The summed E-state index contributed by atoms with van der Waals surface area (Å²) < 4.78 is 27.4. The average molecular weight is 413 g/mol. The van der Waals surface area contributed by atoms with Crippen LogP contribution in [0.5, 0.6) is 0 Å². The third-order valence-electron chi connectivity index (χ3n) is 4.43. The van der Waals surface area contributed by atoms with Crippen LogP contribution < -0.4 is 0 Å². The van der Waals surface area contributed by atoms with Crippen LogP contribution in [0, 0.1) is 0 Å². The molecule has 0 heterocycles. The maximum atomic E-state index is 11.5. The Morgan fingerprint density at radius 1 is 0.815 bits per heavy atom. The first kappa shape index (κ1) is 29.4. The zero-order chi connectivity index (χ0) is 19.7. The topological polar surface area (TPSA) is 60.4 Å². The van der Waals surface area contributed by atoms with Crippen molar-refractivity contribution in [2.45, 2.75) is 116 Å². The molecule has 0 N–H and O–H groups in total. The Balaban J connectivity index is 0. The van der Waals surface area contributed by atoms with E-state index in [2.05, 4.69) is 23.3 Å². The second-order valence-corrected chi connectivity index (χ2v) is 9.43. The Kier molecular flexibility index (Phi) is 21.2. The molecule has 6 heteroatoms. The first-order chi connectivity index (χ1) is 12.4. The number of hydrogen-bond donors (Lipinski definition) is 0. The summed E-state index contributed by atoms with van der Waals surface area (Å²) in [5.41, 5.74) is 0. The van der Waals surface area contributed by atoms with Crippen LogP contribution in [0.25, 0.3) is 0 Å². The normalized spacial score (nSPS) is 11.7. The molecule has 0 fully saturated rings. The first-order valence-electron chi connectivity index (χ1n) is 10.5. The third kappa shape index (κ3) is 19.3. The van der Waals surface area contributed by atoms with Crippen LogP contribution in [0.1, 0.15) is 111 Å². The molecule has 0 unspecified atom stereocenters. The Bertz CT molecular complexity index is 473. The van der Waals surface area contributed by atoms with Gasteiger partial charge in [0.25, 0.3) is 0 Å². The molecule has 0 saturated carbocycles. The van der Waals surface area contributed by atoms with Gasteiger partial charge >= 0.3 is 45.6 Å². The van der Waals surface area contributed by atoms with E-state index in [1.165, 1.54) is 65.2 Å². The summed E-state index contributed by atoms with van der Waals surface area (Å²) in [6.07, 6.45) is 20.3. The van der Waals surface area contributed by atoms with Gasteiger partial charge in [-0.15, -0.1) is 0 Å². The van der Waals surface area contributed by atoms with Gasteiger partial charge in [0.2, 0.25) is 0 Å². The molecular formula is C21H41NaO4S. The molecule has 0 aromatic rings. The van der Waals surface area contributed by atoms with Crippen molar-refractivity contribution in [3.05, 3.63) is 12.2 Å². The van der Waals surface area contributed by atoms with Crippen molar-refractivity contribution in [3.8, 4) is 0 Å². The molecule has 156 valence electrons. The first-order valence-corrected chi connectivity index (χ1v) is 12.0. The molecule has 0 bridgehead atoms. The monoisotopic (exact) mass is 412 g/mol. The summed E-state index contributed by atoms with van der Waals surface area (Å²) in [4.78, 5) is 11.5. The molecule has 27 heavy (non-hydrogen) atoms. The van der Waals surface area contributed by atoms with Crippen LogP contribution in [0.2, 0.25) is 0 Å². The molecule has 0 rings (SSSR count). The fraction of sp³-hybridized carbons (Fsp3) is 0.857. The van der Waals surface area contributed by atoms with Crippen molar-refractivity contribution in [2.24, 2.45) is 0 Å². The summed E-state index contributed by atoms with van der Waals surface area (Å²) in [5.74, 6) is -0.628. The van der Waals surface area contributed by atoms with E-state index in [1.807, 2.05) is 0 Å². The number of rotatable bonds is 17. The second kappa shape index (κ2) is 19.5. The van der Waals surface area contributed by atoms with Crippen LogP contribution in [0.15, 0.2) is 12.2 Å². The number of allylic oxidation sites excluding steroid dienone is 2. The molecule has 0 amide bonds. The predicted octanol–water partition coefficient (Wildman–Crippen LogP) is 5.66. The summed E-state index contributed by atoms with van der Waals surface area (Å²) in [6, 6.07) is 0. The van der Waals surface area contributed by atoms with Gasteiger partial charge in [0.15, 0.2) is 0 Å². The maximum absolute atomic E-state index is 11.5. The number of carbonyl (C=O) groups excluding carboxylic acids is 1. The van der Waals surface area contributed by atoms with Gasteiger partial charge in [-0.25, -0.2) is 0 Å². The van der Waals surface area contributed by atoms with Gasteiger partial charge in [0.05, 0.1) is 5.25 Å². The minimum absolute atomic E-state index is 0. The van der Waals surface area contributed by atoms with Crippen molar-refractivity contribution < 1.29 is 17.4 Å². The van der Waals surface area contributed by atoms with Gasteiger partial charge < -0.3 is 4.18 Å². The molecule has 0 spiro atoms. The van der Waals surface area contributed by atoms with Gasteiger partial charge in [-0.1, -0.05) is 70.4 Å². The van der Waals surface area contributed by atoms with Crippen LogP contribution in [-0.4, -0.2) is 49.2 Å². The molecule has 0 aromatic heterocycles. The van der Waals surface area contributed by atoms with E-state index < -0.39 is 21.3 Å². The quantitative estimate of drug-likeness (QED) is 0.134. The summed E-state index contributed by atoms with van der Waals surface area (Å²) in [6.45, 7) is 5.26. The van der Waals surface area contributed by atoms with Gasteiger partial charge in [0.1, 0.15) is 0 Å². The van der Waals surface area contributed by atoms with Crippen LogP contribution in [0.3, 0.4) is 0 Å². The van der Waals surface area contributed by atoms with E-state index in [9.17, 15) is 13.2 Å². The van der Waals surface area contributed by atoms with Crippen molar-refractivity contribution in [1.82, 2.24) is 0 Å². The Morgan fingerprint density at radius 3 is 1.74 bits per heavy atom. The fourth-order valence-corrected chi connectivity index (χ4v) is 3.14. The molecule has 0 atom stereocenters. The third-order valence-corrected chi connectivity index (χ3v) is 6.00. The Labute approximate surface area is 190 Å². The SMILES string of the molecule is CCCCCCCC/C=C\CCCCCCCC(=O)OS(=O)(=O)C(C)C.[NaH]. The van der Waals surface area contributed by atoms with Crippen molar-refractivity contribution >= 4 is 45.6 Å². The van der Waals surface area contributed by atoms with E-state index in [4.69, 9.17) is 0 Å². The van der Waals surface area contributed by atoms with Gasteiger partial charge in [-0.2, -0.15) is 8.42 Å². The molecule has 0 aromatic carbocycles. The van der Waals surface area contributed by atoms with Crippen molar-refractivity contribution in [1.29, 1.82) is 0 Å². The number of carbonyl (C=O) groups is 1. The Hall–Kier alpha value is 0.160. The standard InChI is InChI=1S/C21H40O4S.Na.H/c1-4-5-6-7-8-9-10-11-12-13-14-15-16-17-18-19-21(22)25-26(23,24)20(2)3;;/h11-12,20H,4-10,13-19H2,1-3H3;;/b12-11-;;. The summed E-state index contributed by atoms with van der Waals surface area (Å²) in [7, 11) is -3.73. The molecule has 0 aliphatic heterocycles. The zero-order valence-electron chi connectivity index (χ0n) is 17.2.